The highest BCUT2D eigenvalue weighted by Crippen LogP contribution is 2.21. The molecule has 13 heavy (non-hydrogen) atoms. The molecule has 0 saturated carbocycles. The van der Waals surface area contributed by atoms with Crippen LogP contribution in [0.2, 0.25) is 0 Å². The van der Waals surface area contributed by atoms with Crippen molar-refractivity contribution in [1.82, 2.24) is 9.97 Å². The minimum atomic E-state index is 0.800. The number of hydrogen-bond donors (Lipinski definition) is 1. The van der Waals surface area contributed by atoms with Crippen LogP contribution in [-0.2, 0) is 0 Å². The number of aryl methyl sites for hydroxylation is 3. The number of hydrogen-bond acceptors (Lipinski definition) is 2. The number of nitrogens with one attached hydrogen (secondary N) is 1. The molecule has 3 heteroatoms. The van der Waals surface area contributed by atoms with E-state index in [-0.39, 0.29) is 0 Å². The molecule has 3 nitrogen and oxygen atoms in total. The average molecular weight is 176 g/mol. The van der Waals surface area contributed by atoms with Gasteiger partial charge in [-0.1, -0.05) is 0 Å². The van der Waals surface area contributed by atoms with Crippen molar-refractivity contribution >= 4 is 0 Å². The van der Waals surface area contributed by atoms with Crippen LogP contribution in [0, 0.1) is 20.8 Å². The van der Waals surface area contributed by atoms with Gasteiger partial charge in [0.15, 0.2) is 11.6 Å². The minimum Gasteiger partial charge on any atom is -0.458 e. The van der Waals surface area contributed by atoms with Crippen LogP contribution >= 0.6 is 0 Å². The lowest BCUT2D eigenvalue weighted by Crippen LogP contribution is -1.75. The molecule has 0 aliphatic rings. The van der Waals surface area contributed by atoms with Gasteiger partial charge < -0.3 is 9.40 Å². The van der Waals surface area contributed by atoms with E-state index in [0.29, 0.717) is 0 Å². The summed E-state index contributed by atoms with van der Waals surface area (Å²) >= 11 is 0. The van der Waals surface area contributed by atoms with Gasteiger partial charge in [0.05, 0.1) is 0 Å². The van der Waals surface area contributed by atoms with Crippen LogP contribution in [-0.4, -0.2) is 9.97 Å². The normalized spacial score (nSPS) is 10.7. The maximum Gasteiger partial charge on any atom is 0.173 e. The van der Waals surface area contributed by atoms with Gasteiger partial charge in [0.2, 0.25) is 0 Å². The lowest BCUT2D eigenvalue weighted by Gasteiger charge is -1.88. The molecule has 1 N–H and O–H groups in total. The van der Waals surface area contributed by atoms with Crippen molar-refractivity contribution in [3.8, 4) is 11.6 Å². The van der Waals surface area contributed by atoms with E-state index in [1.165, 1.54) is 0 Å². The Morgan fingerprint density at radius 3 is 2.54 bits per heavy atom. The molecular weight excluding hydrogens is 164 g/mol. The fourth-order valence-electron chi connectivity index (χ4n) is 1.23. The molecule has 0 aliphatic heterocycles. The fourth-order valence-corrected chi connectivity index (χ4v) is 1.23. The van der Waals surface area contributed by atoms with E-state index in [2.05, 4.69) is 9.97 Å². The molecule has 0 saturated heterocycles. The first-order valence-electron chi connectivity index (χ1n) is 4.26. The maximum absolute atomic E-state index is 5.52. The van der Waals surface area contributed by atoms with Crippen LogP contribution in [0.5, 0.6) is 0 Å². The summed E-state index contributed by atoms with van der Waals surface area (Å²) in [7, 11) is 0. The monoisotopic (exact) mass is 176 g/mol. The molecule has 0 fully saturated rings. The maximum atomic E-state index is 5.52. The molecule has 2 rings (SSSR count). The topological polar surface area (TPSA) is 41.8 Å². The number of aromatic nitrogens is 2. The molecule has 0 aliphatic carbocycles. The van der Waals surface area contributed by atoms with E-state index in [4.69, 9.17) is 4.42 Å². The van der Waals surface area contributed by atoms with Gasteiger partial charge in [-0.2, -0.15) is 0 Å². The van der Waals surface area contributed by atoms with Crippen LogP contribution in [0.1, 0.15) is 17.0 Å². The summed E-state index contributed by atoms with van der Waals surface area (Å²) in [4.78, 5) is 7.32. The highest BCUT2D eigenvalue weighted by atomic mass is 16.3. The molecule has 2 heterocycles. The van der Waals surface area contributed by atoms with Crippen LogP contribution in [0.15, 0.2) is 16.7 Å². The summed E-state index contributed by atoms with van der Waals surface area (Å²) in [6, 6.07) is 1.99. The summed E-state index contributed by atoms with van der Waals surface area (Å²) in [5, 5.41) is 0. The zero-order chi connectivity index (χ0) is 9.42. The van der Waals surface area contributed by atoms with Crippen molar-refractivity contribution in [3.05, 3.63) is 29.3 Å². The summed E-state index contributed by atoms with van der Waals surface area (Å²) in [6.45, 7) is 5.95. The zero-order valence-corrected chi connectivity index (χ0v) is 8.01. The van der Waals surface area contributed by atoms with Crippen molar-refractivity contribution in [3.63, 3.8) is 0 Å². The van der Waals surface area contributed by atoms with E-state index in [0.717, 1.165) is 28.6 Å². The predicted octanol–water partition coefficient (Wildman–Crippen LogP) is 2.59. The third-order valence-corrected chi connectivity index (χ3v) is 2.10. The molecule has 2 aromatic heterocycles. The van der Waals surface area contributed by atoms with E-state index in [1.807, 2.05) is 26.8 Å². The number of imidazole rings is 1. The second-order valence-electron chi connectivity index (χ2n) is 3.26. The zero-order valence-electron chi connectivity index (χ0n) is 8.01. The first-order chi connectivity index (χ1) is 6.16. The molecule has 0 bridgehead atoms. The van der Waals surface area contributed by atoms with E-state index in [9.17, 15) is 0 Å². The Morgan fingerprint density at radius 1 is 1.31 bits per heavy atom. The Balaban J connectivity index is 2.46. The molecule has 68 valence electrons. The number of rotatable bonds is 1. The highest BCUT2D eigenvalue weighted by molar-refractivity contribution is 5.49. The molecule has 0 unspecified atom stereocenters. The minimum absolute atomic E-state index is 0.800. The number of nitrogens with zero attached hydrogens (tertiary/aromatic N) is 1. The Hall–Kier alpha value is -1.51. The molecule has 0 atom stereocenters. The molecule has 0 aromatic carbocycles. The first-order valence-corrected chi connectivity index (χ1v) is 4.26. The largest absolute Gasteiger partial charge is 0.458 e. The van der Waals surface area contributed by atoms with Crippen molar-refractivity contribution in [2.45, 2.75) is 20.8 Å². The number of H-pyrrole nitrogens is 1. The summed E-state index contributed by atoms with van der Waals surface area (Å²) < 4.78 is 5.52. The molecule has 2 aromatic rings. The smallest absolute Gasteiger partial charge is 0.173 e. The van der Waals surface area contributed by atoms with Gasteiger partial charge in [-0.05, 0) is 32.4 Å². The number of aromatic amines is 1. The Bertz CT molecular complexity index is 406. The summed E-state index contributed by atoms with van der Waals surface area (Å²) in [5.74, 6) is 2.56. The summed E-state index contributed by atoms with van der Waals surface area (Å²) in [5.41, 5.74) is 2.20. The second-order valence-corrected chi connectivity index (χ2v) is 3.26. The molecule has 0 radical (unpaired) electrons. The van der Waals surface area contributed by atoms with Crippen LogP contribution in [0.3, 0.4) is 0 Å². The van der Waals surface area contributed by atoms with E-state index >= 15 is 0 Å². The SMILES string of the molecule is Cc1cnc(-c2cc(C)c(C)o2)[nH]1. The second kappa shape index (κ2) is 2.76. The number of furan rings is 1. The molecular formula is C10H12N2O. The van der Waals surface area contributed by atoms with E-state index in [1.54, 1.807) is 6.20 Å². The quantitative estimate of drug-likeness (QED) is 0.725. The fraction of sp³-hybridized carbons (Fsp3) is 0.300. The van der Waals surface area contributed by atoms with Gasteiger partial charge in [-0.3, -0.25) is 0 Å². The third-order valence-electron chi connectivity index (χ3n) is 2.10. The Labute approximate surface area is 76.8 Å². The van der Waals surface area contributed by atoms with Gasteiger partial charge in [-0.25, -0.2) is 4.98 Å². The lowest BCUT2D eigenvalue weighted by molar-refractivity contribution is 0.542. The van der Waals surface area contributed by atoms with Gasteiger partial charge >= 0.3 is 0 Å². The summed E-state index contributed by atoms with van der Waals surface area (Å²) in [6.07, 6.45) is 1.79. The average Bonchev–Trinajstić information content (AvgIpc) is 2.61. The van der Waals surface area contributed by atoms with Crippen LogP contribution in [0.4, 0.5) is 0 Å². The van der Waals surface area contributed by atoms with Crippen molar-refractivity contribution in [1.29, 1.82) is 0 Å². The third kappa shape index (κ3) is 1.37. The van der Waals surface area contributed by atoms with Crippen molar-refractivity contribution in [2.24, 2.45) is 0 Å². The lowest BCUT2D eigenvalue weighted by atomic mass is 10.3. The van der Waals surface area contributed by atoms with Crippen LogP contribution in [0.25, 0.3) is 11.6 Å². The van der Waals surface area contributed by atoms with Crippen molar-refractivity contribution in [2.75, 3.05) is 0 Å². The van der Waals surface area contributed by atoms with Crippen molar-refractivity contribution < 1.29 is 4.42 Å². The van der Waals surface area contributed by atoms with Gasteiger partial charge in [0.25, 0.3) is 0 Å². The van der Waals surface area contributed by atoms with E-state index < -0.39 is 0 Å². The Kier molecular flexibility index (Phi) is 1.72. The molecule has 0 amide bonds. The molecule has 0 spiro atoms. The van der Waals surface area contributed by atoms with Gasteiger partial charge in [0, 0.05) is 11.9 Å². The standard InChI is InChI=1S/C10H12N2O/c1-6-4-9(13-8(6)3)10-11-5-7(2)12-10/h4-5H,1-3H3,(H,11,12). The Morgan fingerprint density at radius 2 is 2.08 bits per heavy atom. The van der Waals surface area contributed by atoms with Gasteiger partial charge in [0.1, 0.15) is 5.76 Å². The highest BCUT2D eigenvalue weighted by Gasteiger charge is 2.08. The van der Waals surface area contributed by atoms with Crippen LogP contribution < -0.4 is 0 Å². The first kappa shape index (κ1) is 8.10. The van der Waals surface area contributed by atoms with Gasteiger partial charge in [-0.15, -0.1) is 0 Å². The predicted molar refractivity (Wildman–Crippen MR) is 50.5 cm³/mol.